The van der Waals surface area contributed by atoms with Crippen LogP contribution in [0.5, 0.6) is 0 Å². The monoisotopic (exact) mass is 328 g/mol. The van der Waals surface area contributed by atoms with Gasteiger partial charge in [-0.2, -0.15) is 0 Å². The summed E-state index contributed by atoms with van der Waals surface area (Å²) in [5.41, 5.74) is -0.265. The van der Waals surface area contributed by atoms with Crippen molar-refractivity contribution in [2.24, 2.45) is 0 Å². The van der Waals surface area contributed by atoms with E-state index in [-0.39, 0.29) is 17.2 Å². The van der Waals surface area contributed by atoms with Crippen LogP contribution in [0.3, 0.4) is 0 Å². The van der Waals surface area contributed by atoms with Crippen molar-refractivity contribution >= 4 is 31.3 Å². The molecule has 0 saturated carbocycles. The maximum absolute atomic E-state index is 10.1. The molecule has 0 aromatic rings. The molecule has 0 aliphatic heterocycles. The molecule has 19 heavy (non-hydrogen) atoms. The largest absolute Gasteiger partial charge is 0.391 e. The molecule has 0 heterocycles. The Hall–Kier alpha value is 0.717. The Morgan fingerprint density at radius 1 is 1.05 bits per heavy atom. The highest BCUT2D eigenvalue weighted by Crippen LogP contribution is 2.49. The lowest BCUT2D eigenvalue weighted by molar-refractivity contribution is -0.0503. The minimum absolute atomic E-state index is 0.0705. The average Bonchev–Trinajstić information content (AvgIpc) is 2.10. The van der Waals surface area contributed by atoms with Crippen LogP contribution in [-0.4, -0.2) is 35.4 Å². The lowest BCUT2D eigenvalue weighted by Crippen LogP contribution is -2.54. The van der Waals surface area contributed by atoms with E-state index in [1.807, 2.05) is 20.8 Å². The van der Waals surface area contributed by atoms with Crippen molar-refractivity contribution in [2.75, 3.05) is 6.61 Å². The Bertz CT molecular complexity index is 291. The summed E-state index contributed by atoms with van der Waals surface area (Å²) < 4.78 is 4.71. The van der Waals surface area contributed by atoms with Gasteiger partial charge in [-0.1, -0.05) is 33.9 Å². The molecule has 1 N–H and O–H groups in total. The van der Waals surface area contributed by atoms with Crippen molar-refractivity contribution in [1.29, 1.82) is 0 Å². The van der Waals surface area contributed by atoms with Gasteiger partial charge in [0, 0.05) is 6.42 Å². The molecule has 0 bridgehead atoms. The summed E-state index contributed by atoms with van der Waals surface area (Å²) in [5, 5.41) is 10.2. The molecule has 0 aliphatic rings. The zero-order valence-corrected chi connectivity index (χ0v) is 16.1. The van der Waals surface area contributed by atoms with Crippen molar-refractivity contribution in [1.82, 2.24) is 0 Å². The second-order valence-corrected chi connectivity index (χ2v) is 15.6. The first-order valence-electron chi connectivity index (χ1n) is 6.80. The zero-order chi connectivity index (χ0) is 15.7. The average molecular weight is 329 g/mol. The minimum atomic E-state index is -1.95. The maximum atomic E-state index is 10.1. The van der Waals surface area contributed by atoms with Crippen molar-refractivity contribution in [3.63, 3.8) is 0 Å². The van der Waals surface area contributed by atoms with E-state index in [9.17, 15) is 5.11 Å². The third kappa shape index (κ3) is 5.92. The van der Waals surface area contributed by atoms with Crippen molar-refractivity contribution < 1.29 is 9.84 Å². The molecule has 0 aliphatic carbocycles. The highest BCUT2D eigenvalue weighted by atomic mass is 35.5. The predicted molar refractivity (Wildman–Crippen MR) is 88.0 cm³/mol. The van der Waals surface area contributed by atoms with Gasteiger partial charge in [-0.3, -0.25) is 0 Å². The standard InChI is InChI=1S/C14H30Cl2O2Si/c1-12(2,3)18-10-11(17)9-14(15,16)19(7,8)13(4,5)6/h11,17H,9-10H2,1-8H3/t11-/m1/s1. The van der Waals surface area contributed by atoms with Gasteiger partial charge in [0.1, 0.15) is 3.96 Å². The molecule has 0 aromatic heterocycles. The molecule has 0 radical (unpaired) electrons. The summed E-state index contributed by atoms with van der Waals surface area (Å²) in [6.45, 7) is 17.0. The third-order valence-electron chi connectivity index (χ3n) is 3.99. The molecule has 0 unspecified atom stereocenters. The molecule has 1 atom stereocenters. The number of hydrogen-bond donors (Lipinski definition) is 1. The Morgan fingerprint density at radius 2 is 1.47 bits per heavy atom. The lowest BCUT2D eigenvalue weighted by atomic mass is 10.2. The summed E-state index contributed by atoms with van der Waals surface area (Å²) in [7, 11) is -1.95. The van der Waals surface area contributed by atoms with Crippen LogP contribution in [0.25, 0.3) is 0 Å². The molecule has 0 amide bonds. The van der Waals surface area contributed by atoms with Crippen LogP contribution < -0.4 is 0 Å². The molecule has 5 heteroatoms. The first kappa shape index (κ1) is 19.7. The molecule has 0 spiro atoms. The van der Waals surface area contributed by atoms with E-state index >= 15 is 0 Å². The number of ether oxygens (including phenoxy) is 1. The van der Waals surface area contributed by atoms with Crippen LogP contribution in [0, 0.1) is 0 Å². The van der Waals surface area contributed by atoms with Gasteiger partial charge < -0.3 is 9.84 Å². The van der Waals surface area contributed by atoms with E-state index in [1.165, 1.54) is 0 Å². The van der Waals surface area contributed by atoms with Gasteiger partial charge in [-0.25, -0.2) is 0 Å². The number of aliphatic hydroxyl groups is 1. The summed E-state index contributed by atoms with van der Waals surface area (Å²) >= 11 is 13.1. The minimum Gasteiger partial charge on any atom is -0.391 e. The molecule has 116 valence electrons. The Labute approximate surface area is 129 Å². The fraction of sp³-hybridized carbons (Fsp3) is 1.00. The lowest BCUT2D eigenvalue weighted by Gasteiger charge is -2.46. The van der Waals surface area contributed by atoms with Gasteiger partial charge in [0.15, 0.2) is 0 Å². The van der Waals surface area contributed by atoms with Gasteiger partial charge in [-0.15, -0.1) is 23.2 Å². The SMILES string of the molecule is CC(C)(C)OC[C@H](O)CC(Cl)(Cl)[Si](C)(C)C(C)(C)C. The van der Waals surface area contributed by atoms with Gasteiger partial charge in [-0.05, 0) is 25.8 Å². The Morgan fingerprint density at radius 3 is 1.79 bits per heavy atom. The van der Waals surface area contributed by atoms with E-state index in [0.29, 0.717) is 6.42 Å². The number of hydrogen-bond acceptors (Lipinski definition) is 2. The van der Waals surface area contributed by atoms with E-state index in [2.05, 4.69) is 33.9 Å². The van der Waals surface area contributed by atoms with E-state index in [0.717, 1.165) is 0 Å². The number of aliphatic hydroxyl groups excluding tert-OH is 1. The van der Waals surface area contributed by atoms with E-state index in [1.54, 1.807) is 0 Å². The fourth-order valence-corrected chi connectivity index (χ4v) is 5.41. The topological polar surface area (TPSA) is 29.5 Å². The summed E-state index contributed by atoms with van der Waals surface area (Å²) in [5.74, 6) is 0. The van der Waals surface area contributed by atoms with E-state index in [4.69, 9.17) is 27.9 Å². The zero-order valence-electron chi connectivity index (χ0n) is 13.6. The molecule has 0 saturated heterocycles. The highest BCUT2D eigenvalue weighted by Gasteiger charge is 2.52. The van der Waals surface area contributed by atoms with Crippen LogP contribution in [0.15, 0.2) is 0 Å². The third-order valence-corrected chi connectivity index (χ3v) is 12.9. The first-order valence-corrected chi connectivity index (χ1v) is 10.6. The highest BCUT2D eigenvalue weighted by molar-refractivity contribution is 6.96. The second-order valence-electron chi connectivity index (χ2n) is 7.86. The number of halogens is 2. The summed E-state index contributed by atoms with van der Waals surface area (Å²) in [4.78, 5) is 0. The van der Waals surface area contributed by atoms with Gasteiger partial charge in [0.2, 0.25) is 0 Å². The van der Waals surface area contributed by atoms with Gasteiger partial charge in [0.05, 0.1) is 26.4 Å². The van der Waals surface area contributed by atoms with Crippen molar-refractivity contribution in [2.45, 2.75) is 81.8 Å². The fourth-order valence-electron chi connectivity index (χ4n) is 1.50. The molecular formula is C14H30Cl2O2Si. The number of rotatable bonds is 5. The first-order chi connectivity index (χ1) is 8.10. The number of alkyl halides is 2. The Balaban J connectivity index is 4.69. The van der Waals surface area contributed by atoms with Crippen LogP contribution in [0.1, 0.15) is 48.0 Å². The van der Waals surface area contributed by atoms with Crippen molar-refractivity contribution in [3.05, 3.63) is 0 Å². The van der Waals surface area contributed by atoms with Crippen LogP contribution in [-0.2, 0) is 4.74 Å². The quantitative estimate of drug-likeness (QED) is 0.581. The van der Waals surface area contributed by atoms with Crippen molar-refractivity contribution in [3.8, 4) is 0 Å². The summed E-state index contributed by atoms with van der Waals surface area (Å²) in [6, 6.07) is 0. The summed E-state index contributed by atoms with van der Waals surface area (Å²) in [6.07, 6.45) is -0.286. The molecule has 0 fully saturated rings. The van der Waals surface area contributed by atoms with Crippen LogP contribution >= 0.6 is 23.2 Å². The second kappa shape index (κ2) is 6.23. The van der Waals surface area contributed by atoms with Gasteiger partial charge in [0.25, 0.3) is 0 Å². The molecular weight excluding hydrogens is 299 g/mol. The van der Waals surface area contributed by atoms with E-state index < -0.39 is 18.1 Å². The predicted octanol–water partition coefficient (Wildman–Crippen LogP) is 4.77. The van der Waals surface area contributed by atoms with Crippen LogP contribution in [0.4, 0.5) is 0 Å². The molecule has 0 rings (SSSR count). The van der Waals surface area contributed by atoms with Crippen LogP contribution in [0.2, 0.25) is 18.1 Å². The Kier molecular flexibility index (Phi) is 6.46. The van der Waals surface area contributed by atoms with Gasteiger partial charge >= 0.3 is 0 Å². The molecule has 2 nitrogen and oxygen atoms in total. The maximum Gasteiger partial charge on any atom is 0.110 e. The normalized spacial score (nSPS) is 16.6. The molecule has 0 aromatic carbocycles. The smallest absolute Gasteiger partial charge is 0.110 e.